The maximum absolute atomic E-state index is 4.86. The number of fused-ring (bicyclic) bond motifs is 1. The molecule has 2 aromatic heterocycles. The van der Waals surface area contributed by atoms with Crippen molar-refractivity contribution in [3.05, 3.63) is 41.9 Å². The molecule has 1 N–H and O–H groups in total. The van der Waals surface area contributed by atoms with Crippen LogP contribution in [0.1, 0.15) is 38.6 Å². The summed E-state index contributed by atoms with van der Waals surface area (Å²) < 4.78 is 2.23. The van der Waals surface area contributed by atoms with Gasteiger partial charge in [0.2, 0.25) is 0 Å². The average Bonchev–Trinajstić information content (AvgIpc) is 2.79. The number of rotatable bonds is 1. The average molecular weight is 255 g/mol. The molecule has 0 unspecified atom stereocenters. The smallest absolute Gasteiger partial charge is 0.137 e. The first-order valence-electron chi connectivity index (χ1n) is 6.95. The standard InChI is InChI=1S/C16H21N3/c1-16(2,3)15-14(12-7-9-17-10-8-12)19-11-5-4-6-13(19)18-15/h4-7,11,17H,8-10H2,1-3H3. The molecule has 19 heavy (non-hydrogen) atoms. The van der Waals surface area contributed by atoms with E-state index in [-0.39, 0.29) is 5.41 Å². The Morgan fingerprint density at radius 1 is 1.26 bits per heavy atom. The lowest BCUT2D eigenvalue weighted by Crippen LogP contribution is -2.22. The monoisotopic (exact) mass is 255 g/mol. The highest BCUT2D eigenvalue weighted by Crippen LogP contribution is 2.32. The molecule has 0 atom stereocenters. The number of pyridine rings is 1. The van der Waals surface area contributed by atoms with Gasteiger partial charge in [-0.15, -0.1) is 0 Å². The van der Waals surface area contributed by atoms with Crippen LogP contribution in [0.2, 0.25) is 0 Å². The fraction of sp³-hybridized carbons (Fsp3) is 0.438. The van der Waals surface area contributed by atoms with E-state index in [2.05, 4.69) is 61.0 Å². The number of imidazole rings is 1. The van der Waals surface area contributed by atoms with Gasteiger partial charge >= 0.3 is 0 Å². The van der Waals surface area contributed by atoms with Crippen LogP contribution in [0.5, 0.6) is 0 Å². The van der Waals surface area contributed by atoms with Gasteiger partial charge in [0.25, 0.3) is 0 Å². The summed E-state index contributed by atoms with van der Waals surface area (Å²) in [5.41, 5.74) is 5.02. The molecule has 0 amide bonds. The first-order chi connectivity index (χ1) is 9.07. The minimum absolute atomic E-state index is 0.0626. The van der Waals surface area contributed by atoms with Crippen LogP contribution in [0.4, 0.5) is 0 Å². The minimum atomic E-state index is 0.0626. The third-order valence-corrected chi connectivity index (χ3v) is 3.61. The molecule has 0 fully saturated rings. The Morgan fingerprint density at radius 3 is 2.79 bits per heavy atom. The van der Waals surface area contributed by atoms with Gasteiger partial charge in [0.15, 0.2) is 0 Å². The summed E-state index contributed by atoms with van der Waals surface area (Å²) in [6.45, 7) is 8.72. The second kappa shape index (κ2) is 4.49. The van der Waals surface area contributed by atoms with Gasteiger partial charge in [0.05, 0.1) is 11.4 Å². The Balaban J connectivity index is 2.27. The van der Waals surface area contributed by atoms with Crippen molar-refractivity contribution >= 4 is 11.2 Å². The van der Waals surface area contributed by atoms with Crippen molar-refractivity contribution in [3.8, 4) is 0 Å². The van der Waals surface area contributed by atoms with E-state index in [0.29, 0.717) is 0 Å². The van der Waals surface area contributed by atoms with Crippen LogP contribution in [-0.2, 0) is 5.41 Å². The van der Waals surface area contributed by atoms with E-state index >= 15 is 0 Å². The highest BCUT2D eigenvalue weighted by Gasteiger charge is 2.25. The molecular weight excluding hydrogens is 234 g/mol. The highest BCUT2D eigenvalue weighted by atomic mass is 15.0. The largest absolute Gasteiger partial charge is 0.313 e. The Labute approximate surface area is 114 Å². The van der Waals surface area contributed by atoms with Crippen molar-refractivity contribution in [2.75, 3.05) is 13.1 Å². The Kier molecular flexibility index (Phi) is 2.94. The van der Waals surface area contributed by atoms with E-state index in [1.807, 2.05) is 0 Å². The van der Waals surface area contributed by atoms with E-state index in [1.54, 1.807) is 0 Å². The summed E-state index contributed by atoms with van der Waals surface area (Å²) in [5, 5.41) is 3.38. The van der Waals surface area contributed by atoms with E-state index in [9.17, 15) is 0 Å². The molecule has 2 aromatic rings. The lowest BCUT2D eigenvalue weighted by molar-refractivity contribution is 0.570. The highest BCUT2D eigenvalue weighted by molar-refractivity contribution is 5.70. The summed E-state index contributed by atoms with van der Waals surface area (Å²) in [7, 11) is 0. The number of nitrogens with zero attached hydrogens (tertiary/aromatic N) is 2. The van der Waals surface area contributed by atoms with Gasteiger partial charge < -0.3 is 5.32 Å². The van der Waals surface area contributed by atoms with Gasteiger partial charge in [-0.1, -0.05) is 32.9 Å². The summed E-state index contributed by atoms with van der Waals surface area (Å²) >= 11 is 0. The predicted octanol–water partition coefficient (Wildman–Crippen LogP) is 3.01. The molecule has 1 aliphatic rings. The van der Waals surface area contributed by atoms with Gasteiger partial charge in [-0.05, 0) is 30.7 Å². The Bertz CT molecular complexity index is 629. The van der Waals surface area contributed by atoms with E-state index in [0.717, 1.165) is 25.2 Å². The first kappa shape index (κ1) is 12.4. The topological polar surface area (TPSA) is 29.3 Å². The van der Waals surface area contributed by atoms with Crippen molar-refractivity contribution in [1.29, 1.82) is 0 Å². The van der Waals surface area contributed by atoms with E-state index in [1.165, 1.54) is 17.0 Å². The molecule has 0 spiro atoms. The van der Waals surface area contributed by atoms with Gasteiger partial charge in [-0.25, -0.2) is 4.98 Å². The molecule has 3 heterocycles. The molecule has 0 aromatic carbocycles. The molecule has 0 bridgehead atoms. The van der Waals surface area contributed by atoms with Gasteiger partial charge in [-0.2, -0.15) is 0 Å². The molecule has 3 rings (SSSR count). The summed E-state index contributed by atoms with van der Waals surface area (Å²) in [4.78, 5) is 4.86. The molecule has 3 nitrogen and oxygen atoms in total. The van der Waals surface area contributed by atoms with E-state index < -0.39 is 0 Å². The van der Waals surface area contributed by atoms with Crippen molar-refractivity contribution < 1.29 is 0 Å². The third kappa shape index (κ3) is 2.19. The Hall–Kier alpha value is -1.61. The lowest BCUT2D eigenvalue weighted by atomic mass is 9.88. The number of aromatic nitrogens is 2. The van der Waals surface area contributed by atoms with Crippen molar-refractivity contribution in [1.82, 2.24) is 14.7 Å². The second-order valence-electron chi connectivity index (χ2n) is 6.17. The van der Waals surface area contributed by atoms with E-state index in [4.69, 9.17) is 4.98 Å². The first-order valence-corrected chi connectivity index (χ1v) is 6.95. The second-order valence-corrected chi connectivity index (χ2v) is 6.17. The molecule has 0 saturated heterocycles. The quantitative estimate of drug-likeness (QED) is 0.848. The molecule has 0 radical (unpaired) electrons. The van der Waals surface area contributed by atoms with Crippen LogP contribution in [0.25, 0.3) is 11.2 Å². The molecule has 100 valence electrons. The zero-order chi connectivity index (χ0) is 13.5. The van der Waals surface area contributed by atoms with Crippen LogP contribution in [0.15, 0.2) is 30.5 Å². The zero-order valence-electron chi connectivity index (χ0n) is 11.9. The zero-order valence-corrected chi connectivity index (χ0v) is 11.9. The molecule has 1 aliphatic heterocycles. The summed E-state index contributed by atoms with van der Waals surface area (Å²) in [5.74, 6) is 0. The number of hydrogen-bond acceptors (Lipinski definition) is 2. The summed E-state index contributed by atoms with van der Waals surface area (Å²) in [6, 6.07) is 6.21. The van der Waals surface area contributed by atoms with Crippen LogP contribution < -0.4 is 5.32 Å². The Morgan fingerprint density at radius 2 is 2.11 bits per heavy atom. The fourth-order valence-electron chi connectivity index (χ4n) is 2.66. The van der Waals surface area contributed by atoms with Gasteiger partial charge in [0, 0.05) is 18.2 Å². The number of nitrogens with one attached hydrogen (secondary N) is 1. The number of hydrogen-bond donors (Lipinski definition) is 1. The summed E-state index contributed by atoms with van der Waals surface area (Å²) in [6.07, 6.45) is 5.50. The van der Waals surface area contributed by atoms with Crippen LogP contribution in [0.3, 0.4) is 0 Å². The SMILES string of the molecule is CC(C)(C)c1nc2ccccn2c1C1=CCNCC1. The van der Waals surface area contributed by atoms with Crippen LogP contribution >= 0.6 is 0 Å². The van der Waals surface area contributed by atoms with Crippen LogP contribution in [0, 0.1) is 0 Å². The fourth-order valence-corrected chi connectivity index (χ4v) is 2.66. The minimum Gasteiger partial charge on any atom is -0.313 e. The van der Waals surface area contributed by atoms with Crippen molar-refractivity contribution in [3.63, 3.8) is 0 Å². The maximum atomic E-state index is 4.86. The van der Waals surface area contributed by atoms with Gasteiger partial charge in [-0.3, -0.25) is 4.40 Å². The normalized spacial score (nSPS) is 16.7. The molecular formula is C16H21N3. The van der Waals surface area contributed by atoms with Gasteiger partial charge in [0.1, 0.15) is 5.65 Å². The van der Waals surface area contributed by atoms with Crippen molar-refractivity contribution in [2.24, 2.45) is 0 Å². The predicted molar refractivity (Wildman–Crippen MR) is 79.4 cm³/mol. The maximum Gasteiger partial charge on any atom is 0.137 e. The lowest BCUT2D eigenvalue weighted by Gasteiger charge is -2.21. The molecule has 0 aliphatic carbocycles. The van der Waals surface area contributed by atoms with Crippen molar-refractivity contribution in [2.45, 2.75) is 32.6 Å². The molecule has 3 heteroatoms. The van der Waals surface area contributed by atoms with Crippen LogP contribution in [-0.4, -0.2) is 22.5 Å². The molecule has 0 saturated carbocycles. The third-order valence-electron chi connectivity index (χ3n) is 3.61.